The van der Waals surface area contributed by atoms with Gasteiger partial charge >= 0.3 is 5.63 Å². The Bertz CT molecular complexity index is 567. The van der Waals surface area contributed by atoms with Crippen LogP contribution in [0.2, 0.25) is 0 Å². The fourth-order valence-electron chi connectivity index (χ4n) is 1.75. The van der Waals surface area contributed by atoms with Crippen molar-refractivity contribution in [2.45, 2.75) is 20.5 Å². The van der Waals surface area contributed by atoms with Crippen LogP contribution >= 0.6 is 0 Å². The predicted molar refractivity (Wildman–Crippen MR) is 57.9 cm³/mol. The molecule has 0 spiro atoms. The Hall–Kier alpha value is -1.61. The second-order valence-corrected chi connectivity index (χ2v) is 3.72. The van der Waals surface area contributed by atoms with Gasteiger partial charge in [-0.05, 0) is 31.5 Å². The molecule has 0 amide bonds. The molecule has 2 rings (SSSR count). The molecule has 0 saturated heterocycles. The number of aliphatic hydroxyl groups excluding tert-OH is 1. The summed E-state index contributed by atoms with van der Waals surface area (Å²) >= 11 is 0. The third-order valence-corrected chi connectivity index (χ3v) is 2.40. The lowest BCUT2D eigenvalue weighted by Gasteiger charge is -2.03. The van der Waals surface area contributed by atoms with Gasteiger partial charge in [-0.2, -0.15) is 0 Å². The van der Waals surface area contributed by atoms with Crippen molar-refractivity contribution in [3.63, 3.8) is 0 Å². The molecule has 0 radical (unpaired) electrons. The van der Waals surface area contributed by atoms with Gasteiger partial charge in [-0.3, -0.25) is 0 Å². The van der Waals surface area contributed by atoms with Crippen molar-refractivity contribution in [2.24, 2.45) is 0 Å². The zero-order valence-electron chi connectivity index (χ0n) is 8.70. The van der Waals surface area contributed by atoms with Crippen LogP contribution in [0.5, 0.6) is 0 Å². The van der Waals surface area contributed by atoms with Gasteiger partial charge < -0.3 is 9.52 Å². The fourth-order valence-corrected chi connectivity index (χ4v) is 1.75. The number of hydrogen-bond acceptors (Lipinski definition) is 3. The van der Waals surface area contributed by atoms with E-state index in [9.17, 15) is 4.79 Å². The minimum atomic E-state index is -0.461. The summed E-state index contributed by atoms with van der Waals surface area (Å²) in [4.78, 5) is 11.4. The SMILES string of the molecule is Cc1cc(C)c2oc(=O)c(CO)cc2c1. The molecule has 0 bridgehead atoms. The molecule has 0 fully saturated rings. The molecule has 1 aromatic heterocycles. The molecular formula is C12H12O3. The Morgan fingerprint density at radius 1 is 1.27 bits per heavy atom. The van der Waals surface area contributed by atoms with E-state index in [1.54, 1.807) is 6.07 Å². The standard InChI is InChI=1S/C12H12O3/c1-7-3-8(2)11-9(4-7)5-10(6-13)12(14)15-11/h3-5,13H,6H2,1-2H3. The summed E-state index contributed by atoms with van der Waals surface area (Å²) in [5.74, 6) is 0. The lowest BCUT2D eigenvalue weighted by molar-refractivity contribution is 0.276. The molecular weight excluding hydrogens is 192 g/mol. The Labute approximate surface area is 87.0 Å². The Kier molecular flexibility index (Phi) is 2.32. The summed E-state index contributed by atoms with van der Waals surface area (Å²) in [6, 6.07) is 5.58. The summed E-state index contributed by atoms with van der Waals surface area (Å²) in [6.45, 7) is 3.60. The van der Waals surface area contributed by atoms with E-state index in [1.165, 1.54) is 0 Å². The minimum Gasteiger partial charge on any atom is -0.422 e. The monoisotopic (exact) mass is 204 g/mol. The number of fused-ring (bicyclic) bond motifs is 1. The highest BCUT2D eigenvalue weighted by molar-refractivity contribution is 5.80. The second kappa shape index (κ2) is 3.51. The van der Waals surface area contributed by atoms with E-state index in [2.05, 4.69) is 0 Å². The smallest absolute Gasteiger partial charge is 0.341 e. The van der Waals surface area contributed by atoms with Gasteiger partial charge in [-0.15, -0.1) is 0 Å². The first-order valence-electron chi connectivity index (χ1n) is 4.76. The van der Waals surface area contributed by atoms with Crippen molar-refractivity contribution in [3.8, 4) is 0 Å². The van der Waals surface area contributed by atoms with E-state index in [-0.39, 0.29) is 6.61 Å². The average Bonchev–Trinajstić information content (AvgIpc) is 2.18. The van der Waals surface area contributed by atoms with Crippen LogP contribution in [0.3, 0.4) is 0 Å². The van der Waals surface area contributed by atoms with E-state index in [4.69, 9.17) is 9.52 Å². The van der Waals surface area contributed by atoms with Crippen LogP contribution in [0.4, 0.5) is 0 Å². The van der Waals surface area contributed by atoms with Gasteiger partial charge in [-0.25, -0.2) is 4.79 Å². The zero-order valence-corrected chi connectivity index (χ0v) is 8.70. The number of aryl methyl sites for hydroxylation is 2. The zero-order chi connectivity index (χ0) is 11.0. The van der Waals surface area contributed by atoms with Gasteiger partial charge in [0.1, 0.15) is 5.58 Å². The number of benzene rings is 1. The predicted octanol–water partition coefficient (Wildman–Crippen LogP) is 1.90. The van der Waals surface area contributed by atoms with Gasteiger partial charge in [0.15, 0.2) is 0 Å². The summed E-state index contributed by atoms with van der Waals surface area (Å²) < 4.78 is 5.15. The molecule has 15 heavy (non-hydrogen) atoms. The van der Waals surface area contributed by atoms with Gasteiger partial charge in [0.2, 0.25) is 0 Å². The Morgan fingerprint density at radius 2 is 2.00 bits per heavy atom. The van der Waals surface area contributed by atoms with Crippen LogP contribution in [0.15, 0.2) is 27.4 Å². The molecule has 0 saturated carbocycles. The van der Waals surface area contributed by atoms with Gasteiger partial charge in [-0.1, -0.05) is 11.6 Å². The lowest BCUT2D eigenvalue weighted by atomic mass is 10.1. The average molecular weight is 204 g/mol. The molecule has 3 heteroatoms. The molecule has 1 N–H and O–H groups in total. The molecule has 0 atom stereocenters. The first-order valence-corrected chi connectivity index (χ1v) is 4.76. The molecule has 1 heterocycles. The third-order valence-electron chi connectivity index (χ3n) is 2.40. The van der Waals surface area contributed by atoms with Crippen LogP contribution in [-0.4, -0.2) is 5.11 Å². The highest BCUT2D eigenvalue weighted by Gasteiger charge is 2.06. The molecule has 0 aliphatic rings. The molecule has 0 unspecified atom stereocenters. The minimum absolute atomic E-state index is 0.286. The van der Waals surface area contributed by atoms with E-state index < -0.39 is 5.63 Å². The van der Waals surface area contributed by atoms with E-state index >= 15 is 0 Å². The van der Waals surface area contributed by atoms with Gasteiger partial charge in [0, 0.05) is 5.39 Å². The number of rotatable bonds is 1. The Morgan fingerprint density at radius 3 is 2.67 bits per heavy atom. The summed E-state index contributed by atoms with van der Waals surface area (Å²) in [6.07, 6.45) is 0. The summed E-state index contributed by atoms with van der Waals surface area (Å²) in [5, 5.41) is 9.81. The van der Waals surface area contributed by atoms with Crippen LogP contribution < -0.4 is 5.63 Å². The summed E-state index contributed by atoms with van der Waals surface area (Å²) in [5.41, 5.74) is 2.48. The lowest BCUT2D eigenvalue weighted by Crippen LogP contribution is -2.07. The maximum Gasteiger partial charge on any atom is 0.341 e. The molecule has 0 aliphatic heterocycles. The normalized spacial score (nSPS) is 10.9. The first kappa shape index (κ1) is 9.93. The topological polar surface area (TPSA) is 50.4 Å². The number of aliphatic hydroxyl groups is 1. The highest BCUT2D eigenvalue weighted by Crippen LogP contribution is 2.19. The fraction of sp³-hybridized carbons (Fsp3) is 0.250. The van der Waals surface area contributed by atoms with Crippen molar-refractivity contribution in [1.29, 1.82) is 0 Å². The highest BCUT2D eigenvalue weighted by atomic mass is 16.4. The quantitative estimate of drug-likeness (QED) is 0.722. The molecule has 2 aromatic rings. The van der Waals surface area contributed by atoms with Crippen molar-refractivity contribution in [1.82, 2.24) is 0 Å². The Balaban J connectivity index is 2.87. The van der Waals surface area contributed by atoms with Crippen molar-refractivity contribution in [3.05, 3.63) is 45.3 Å². The molecule has 78 valence electrons. The number of hydrogen-bond donors (Lipinski definition) is 1. The first-order chi connectivity index (χ1) is 7.11. The van der Waals surface area contributed by atoms with E-state index in [0.717, 1.165) is 16.5 Å². The van der Waals surface area contributed by atoms with Crippen molar-refractivity contribution < 1.29 is 9.52 Å². The summed E-state index contributed by atoms with van der Waals surface area (Å²) in [7, 11) is 0. The van der Waals surface area contributed by atoms with Crippen LogP contribution in [-0.2, 0) is 6.61 Å². The van der Waals surface area contributed by atoms with Crippen LogP contribution in [0, 0.1) is 13.8 Å². The maximum atomic E-state index is 11.4. The van der Waals surface area contributed by atoms with Gasteiger partial charge in [0.05, 0.1) is 12.2 Å². The maximum absolute atomic E-state index is 11.4. The second-order valence-electron chi connectivity index (χ2n) is 3.72. The van der Waals surface area contributed by atoms with E-state index in [0.29, 0.717) is 11.1 Å². The van der Waals surface area contributed by atoms with Gasteiger partial charge in [0.25, 0.3) is 0 Å². The largest absolute Gasteiger partial charge is 0.422 e. The van der Waals surface area contributed by atoms with E-state index in [1.807, 2.05) is 26.0 Å². The van der Waals surface area contributed by atoms with Crippen molar-refractivity contribution in [2.75, 3.05) is 0 Å². The van der Waals surface area contributed by atoms with Crippen LogP contribution in [0.1, 0.15) is 16.7 Å². The third kappa shape index (κ3) is 1.66. The molecule has 3 nitrogen and oxygen atoms in total. The van der Waals surface area contributed by atoms with Crippen LogP contribution in [0.25, 0.3) is 11.0 Å². The molecule has 1 aromatic carbocycles. The molecule has 0 aliphatic carbocycles. The van der Waals surface area contributed by atoms with Crippen molar-refractivity contribution >= 4 is 11.0 Å².